The van der Waals surface area contributed by atoms with Crippen LogP contribution in [0.2, 0.25) is 0 Å². The van der Waals surface area contributed by atoms with E-state index >= 15 is 0 Å². The van der Waals surface area contributed by atoms with E-state index < -0.39 is 0 Å². The number of para-hydroxylation sites is 6. The third-order valence-corrected chi connectivity index (χ3v) is 26.9. The third-order valence-electron chi connectivity index (χ3n) is 23.4. The van der Waals surface area contributed by atoms with Gasteiger partial charge in [-0.3, -0.25) is 0 Å². The van der Waals surface area contributed by atoms with E-state index in [-0.39, 0.29) is 0 Å². The molecule has 0 saturated carbocycles. The normalized spacial score (nSPS) is 11.6. The smallest absolute Gasteiger partial charge is 0.144 e. The van der Waals surface area contributed by atoms with Gasteiger partial charge in [-0.25, -0.2) is 0 Å². The van der Waals surface area contributed by atoms with Crippen molar-refractivity contribution in [3.8, 4) is 33.4 Å². The second kappa shape index (κ2) is 30.1. The van der Waals surface area contributed by atoms with Crippen molar-refractivity contribution in [1.82, 2.24) is 0 Å². The van der Waals surface area contributed by atoms with Gasteiger partial charge >= 0.3 is 0 Å². The Hall–Kier alpha value is -15.1. The number of rotatable bonds is 12. The molecule has 6 heterocycles. The second-order valence-corrected chi connectivity index (χ2v) is 33.6. The van der Waals surface area contributed by atoms with Gasteiger partial charge in [0.15, 0.2) is 0 Å². The molecule has 0 radical (unpaired) electrons. The zero-order chi connectivity index (χ0) is 79.9. The topological polar surface area (TPSA) is 49.1 Å². The summed E-state index contributed by atoms with van der Waals surface area (Å²) >= 11 is 5.49. The molecule has 0 bridgehead atoms. The van der Waals surface area contributed by atoms with Crippen LogP contribution in [0.4, 0.5) is 51.2 Å². The van der Waals surface area contributed by atoms with Gasteiger partial charge in [-0.1, -0.05) is 315 Å². The number of thiophene rings is 3. The number of benzene rings is 19. The van der Waals surface area contributed by atoms with Crippen molar-refractivity contribution >= 4 is 222 Å². The highest BCUT2D eigenvalue weighted by Gasteiger charge is 2.29. The summed E-state index contributed by atoms with van der Waals surface area (Å²) < 4.78 is 27.1. The zero-order valence-corrected chi connectivity index (χ0v) is 67.7. The van der Waals surface area contributed by atoms with Gasteiger partial charge in [-0.2, -0.15) is 0 Å². The van der Waals surface area contributed by atoms with Crippen molar-refractivity contribution in [2.75, 3.05) is 14.7 Å². The number of furan rings is 3. The molecule has 0 amide bonds. The van der Waals surface area contributed by atoms with E-state index in [0.29, 0.717) is 0 Å². The molecule has 6 nitrogen and oxygen atoms in total. The maximum absolute atomic E-state index is 6.63. The minimum Gasteiger partial charge on any atom is -0.455 e. The summed E-state index contributed by atoms with van der Waals surface area (Å²) in [6.45, 7) is 0. The average molecular weight is 1600 g/mol. The quantitative estimate of drug-likeness (QED) is 0.121. The predicted molar refractivity (Wildman–Crippen MR) is 518 cm³/mol. The Bertz CT molecular complexity index is 8090. The largest absolute Gasteiger partial charge is 0.455 e. The van der Waals surface area contributed by atoms with Crippen LogP contribution in [0.1, 0.15) is 0 Å². The summed E-state index contributed by atoms with van der Waals surface area (Å²) in [5, 5.41) is 16.5. The Balaban J connectivity index is 0.000000107. The van der Waals surface area contributed by atoms with E-state index in [4.69, 9.17) is 13.3 Å². The lowest BCUT2D eigenvalue weighted by molar-refractivity contribution is 0.672. The molecule has 0 unspecified atom stereocenters. The summed E-state index contributed by atoms with van der Waals surface area (Å²) in [6.07, 6.45) is 0. The molecule has 25 rings (SSSR count). The van der Waals surface area contributed by atoms with E-state index in [2.05, 4.69) is 427 Å². The van der Waals surface area contributed by atoms with Crippen LogP contribution in [0.3, 0.4) is 0 Å². The van der Waals surface area contributed by atoms with Crippen LogP contribution < -0.4 is 14.7 Å². The average Bonchev–Trinajstić information content (AvgIpc) is 1.58. The summed E-state index contributed by atoms with van der Waals surface area (Å²) in [5.74, 6) is 0. The molecule has 9 heteroatoms. The van der Waals surface area contributed by atoms with Crippen LogP contribution in [-0.2, 0) is 0 Å². The summed E-state index contributed by atoms with van der Waals surface area (Å²) in [7, 11) is 0. The van der Waals surface area contributed by atoms with E-state index in [1.165, 1.54) is 110 Å². The molecule has 0 spiro atoms. The van der Waals surface area contributed by atoms with Crippen LogP contribution in [0.15, 0.2) is 444 Å². The monoisotopic (exact) mass is 1600 g/mol. The molecule has 121 heavy (non-hydrogen) atoms. The lowest BCUT2D eigenvalue weighted by atomic mass is 9.99. The first-order valence-electron chi connectivity index (χ1n) is 40.8. The first kappa shape index (κ1) is 71.2. The van der Waals surface area contributed by atoms with Crippen LogP contribution in [0, 0.1) is 0 Å². The van der Waals surface area contributed by atoms with Crippen molar-refractivity contribution < 1.29 is 13.3 Å². The molecule has 0 aliphatic heterocycles. The Kier molecular flexibility index (Phi) is 17.7. The molecule has 0 N–H and O–H groups in total. The predicted octanol–water partition coefficient (Wildman–Crippen LogP) is 34.4. The van der Waals surface area contributed by atoms with Crippen LogP contribution in [-0.4, -0.2) is 0 Å². The highest BCUT2D eigenvalue weighted by Crippen LogP contribution is 2.56. The number of fused-ring (bicyclic) bond motifs is 22. The van der Waals surface area contributed by atoms with E-state index in [1.54, 1.807) is 0 Å². The van der Waals surface area contributed by atoms with E-state index in [1.807, 2.05) is 52.2 Å². The molecule has 6 aromatic heterocycles. The van der Waals surface area contributed by atoms with Gasteiger partial charge in [-0.15, -0.1) is 34.0 Å². The maximum Gasteiger partial charge on any atom is 0.144 e. The molecular formula is C112H71N3O3S3. The maximum atomic E-state index is 6.63. The van der Waals surface area contributed by atoms with E-state index in [0.717, 1.165) is 111 Å². The summed E-state index contributed by atoms with van der Waals surface area (Å²) in [5.41, 5.74) is 23.0. The van der Waals surface area contributed by atoms with Gasteiger partial charge in [-0.05, 0) is 148 Å². The third kappa shape index (κ3) is 12.4. The fourth-order valence-electron chi connectivity index (χ4n) is 17.8. The van der Waals surface area contributed by atoms with Gasteiger partial charge in [0.2, 0.25) is 0 Å². The molecule has 0 atom stereocenters. The Labute approximate surface area is 709 Å². The van der Waals surface area contributed by atoms with Crippen LogP contribution >= 0.6 is 34.0 Å². The first-order valence-corrected chi connectivity index (χ1v) is 43.2. The fraction of sp³-hybridized carbons (Fsp3) is 0. The lowest BCUT2D eigenvalue weighted by Gasteiger charge is -2.29. The first-order chi connectivity index (χ1) is 60.0. The highest BCUT2D eigenvalue weighted by atomic mass is 32.1. The molecular weight excluding hydrogens is 1530 g/mol. The summed E-state index contributed by atoms with van der Waals surface area (Å²) in [4.78, 5) is 7.24. The number of nitrogens with zero attached hydrogens (tertiary/aromatic N) is 3. The molecule has 0 saturated heterocycles. The van der Waals surface area contributed by atoms with Crippen molar-refractivity contribution in [1.29, 1.82) is 0 Å². The number of hydrogen-bond acceptors (Lipinski definition) is 9. The fourth-order valence-corrected chi connectivity index (χ4v) is 21.5. The second-order valence-electron chi connectivity index (χ2n) is 30.4. The van der Waals surface area contributed by atoms with Gasteiger partial charge in [0.25, 0.3) is 0 Å². The molecule has 570 valence electrons. The molecule has 0 fully saturated rings. The standard InChI is InChI=1S/C42H27NOS.C40H25NOS.C30H19NOS/c1-3-11-28(12-4-1)30-19-23-32(24-20-30)43(33-25-21-31(22-26-33)29-13-5-2-6-14-29)37-27-36-34-15-7-9-17-38(34)44-41(36)40-35-16-8-10-18-39(35)45-42(37)40;1-2-13-26(14-3-1)28-18-6-9-21-33(28)41(34-22-12-16-27-15-4-5-17-29(27)34)35-25-32-30-19-7-10-23-36(30)42-39(32)38-31-20-8-11-24-37(31)43-40(35)38;1-3-11-20(12-4-1)31(21-13-5-2-6-14-21)25-19-24-22-15-7-9-17-26(22)32-29(24)28-23-16-8-10-18-27(23)33-30(25)28/h1-27H;1-25H;1-19H. The molecule has 19 aromatic carbocycles. The molecule has 25 aromatic rings. The Morgan fingerprint density at radius 2 is 0.471 bits per heavy atom. The Morgan fingerprint density at radius 1 is 0.182 bits per heavy atom. The Morgan fingerprint density at radius 3 is 0.884 bits per heavy atom. The van der Waals surface area contributed by atoms with Gasteiger partial charge in [0, 0.05) is 112 Å². The van der Waals surface area contributed by atoms with Crippen LogP contribution in [0.25, 0.3) is 170 Å². The highest BCUT2D eigenvalue weighted by molar-refractivity contribution is 7.27. The number of hydrogen-bond donors (Lipinski definition) is 0. The minimum atomic E-state index is 0.909. The van der Waals surface area contributed by atoms with Crippen molar-refractivity contribution in [2.24, 2.45) is 0 Å². The van der Waals surface area contributed by atoms with Crippen molar-refractivity contribution in [3.05, 3.63) is 431 Å². The van der Waals surface area contributed by atoms with Gasteiger partial charge in [0.1, 0.15) is 33.5 Å². The molecule has 0 aliphatic carbocycles. The van der Waals surface area contributed by atoms with Crippen molar-refractivity contribution in [2.45, 2.75) is 0 Å². The minimum absolute atomic E-state index is 0.909. The zero-order valence-electron chi connectivity index (χ0n) is 65.3. The van der Waals surface area contributed by atoms with E-state index in [9.17, 15) is 0 Å². The van der Waals surface area contributed by atoms with Crippen LogP contribution in [0.5, 0.6) is 0 Å². The lowest BCUT2D eigenvalue weighted by Crippen LogP contribution is -2.12. The molecule has 0 aliphatic rings. The van der Waals surface area contributed by atoms with Crippen molar-refractivity contribution in [3.63, 3.8) is 0 Å². The van der Waals surface area contributed by atoms with Gasteiger partial charge < -0.3 is 28.0 Å². The summed E-state index contributed by atoms with van der Waals surface area (Å²) in [6, 6.07) is 153. The SMILES string of the molecule is c1ccc(-c2ccc(N(c3ccc(-c4ccccc4)cc3)c3cc4c5ccccc5oc4c4c3sc3ccccc34)cc2)cc1.c1ccc(-c2ccccc2N(c2cccc3ccccc23)c2cc3c4ccccc4oc3c3c2sc2ccccc23)cc1.c1ccc(N(c2ccccc2)c2cc3c4ccccc4oc3c3c2sc2ccccc23)cc1. The van der Waals surface area contributed by atoms with Gasteiger partial charge in [0.05, 0.1) is 42.5 Å². The number of anilines is 9.